The topological polar surface area (TPSA) is 12.0 Å². The number of hydrogen-bond donors (Lipinski definition) is 1. The Balaban J connectivity index is 2.22. The van der Waals surface area contributed by atoms with Crippen LogP contribution in [0.3, 0.4) is 0 Å². The summed E-state index contributed by atoms with van der Waals surface area (Å²) in [7, 11) is 0. The maximum absolute atomic E-state index is 3.92. The molecule has 1 unspecified atom stereocenters. The van der Waals surface area contributed by atoms with Gasteiger partial charge >= 0.3 is 0 Å². The molecule has 1 atom stereocenters. The Labute approximate surface area is 57.1 Å². The number of hydrogen-bond acceptors (Lipinski definition) is 1. The van der Waals surface area contributed by atoms with Crippen LogP contribution in [0.15, 0.2) is 12.2 Å². The van der Waals surface area contributed by atoms with Gasteiger partial charge in [0.25, 0.3) is 0 Å². The first-order valence-corrected chi connectivity index (χ1v) is 3.73. The summed E-state index contributed by atoms with van der Waals surface area (Å²) in [5.74, 6) is 0. The van der Waals surface area contributed by atoms with Crippen molar-refractivity contribution in [2.24, 2.45) is 0 Å². The molecule has 1 saturated heterocycles. The second-order valence-electron chi connectivity index (χ2n) is 2.82. The lowest BCUT2D eigenvalue weighted by Crippen LogP contribution is -2.20. The van der Waals surface area contributed by atoms with Crippen LogP contribution < -0.4 is 5.32 Å². The Morgan fingerprint density at radius 2 is 2.56 bits per heavy atom. The van der Waals surface area contributed by atoms with E-state index in [0.29, 0.717) is 0 Å². The first-order chi connectivity index (χ1) is 4.33. The highest BCUT2D eigenvalue weighted by atomic mass is 14.9. The van der Waals surface area contributed by atoms with Gasteiger partial charge in [0.05, 0.1) is 0 Å². The molecule has 1 N–H and O–H groups in total. The van der Waals surface area contributed by atoms with Crippen LogP contribution >= 0.6 is 0 Å². The van der Waals surface area contributed by atoms with E-state index >= 15 is 0 Å². The van der Waals surface area contributed by atoms with E-state index in [4.69, 9.17) is 0 Å². The molecule has 0 aromatic carbocycles. The lowest BCUT2D eigenvalue weighted by Gasteiger charge is -2.05. The summed E-state index contributed by atoms with van der Waals surface area (Å²) in [6.45, 7) is 7.20. The molecule has 1 heteroatoms. The maximum Gasteiger partial charge on any atom is 0.0165 e. The number of rotatable bonds is 2. The second kappa shape index (κ2) is 3.02. The van der Waals surface area contributed by atoms with Gasteiger partial charge in [-0.15, -0.1) is 0 Å². The minimum Gasteiger partial charge on any atom is -0.310 e. The molecule has 1 nitrogen and oxygen atoms in total. The zero-order valence-electron chi connectivity index (χ0n) is 6.11. The average Bonchev–Trinajstić information content (AvgIpc) is 2.17. The van der Waals surface area contributed by atoms with Crippen LogP contribution in [0.5, 0.6) is 0 Å². The van der Waals surface area contributed by atoms with E-state index in [0.717, 1.165) is 12.6 Å². The molecule has 1 fully saturated rings. The average molecular weight is 125 g/mol. The molecule has 1 aliphatic heterocycles. The molecule has 0 spiro atoms. The molecule has 0 radical (unpaired) electrons. The van der Waals surface area contributed by atoms with E-state index < -0.39 is 0 Å². The normalized spacial score (nSPS) is 27.2. The molecule has 0 amide bonds. The molecule has 9 heavy (non-hydrogen) atoms. The van der Waals surface area contributed by atoms with Crippen molar-refractivity contribution in [1.29, 1.82) is 0 Å². The lowest BCUT2D eigenvalue weighted by molar-refractivity contribution is 0.554. The van der Waals surface area contributed by atoms with E-state index in [2.05, 4.69) is 18.8 Å². The fourth-order valence-corrected chi connectivity index (χ4v) is 1.33. The Morgan fingerprint density at radius 3 is 3.00 bits per heavy atom. The van der Waals surface area contributed by atoms with Gasteiger partial charge in [-0.1, -0.05) is 25.5 Å². The van der Waals surface area contributed by atoms with Gasteiger partial charge in [0.15, 0.2) is 0 Å². The van der Waals surface area contributed by atoms with Gasteiger partial charge in [-0.3, -0.25) is 0 Å². The summed E-state index contributed by atoms with van der Waals surface area (Å²) in [4.78, 5) is 0. The monoisotopic (exact) mass is 125 g/mol. The predicted molar refractivity (Wildman–Crippen MR) is 40.5 cm³/mol. The molecule has 1 aliphatic rings. The molecule has 0 aromatic rings. The van der Waals surface area contributed by atoms with E-state index in [9.17, 15) is 0 Å². The van der Waals surface area contributed by atoms with Crippen molar-refractivity contribution in [2.75, 3.05) is 6.54 Å². The molecular weight excluding hydrogens is 110 g/mol. The van der Waals surface area contributed by atoms with E-state index in [1.807, 2.05) is 0 Å². The van der Waals surface area contributed by atoms with Crippen molar-refractivity contribution >= 4 is 0 Å². The predicted octanol–water partition coefficient (Wildman–Crippen LogP) is 1.70. The SMILES string of the molecule is C=C1CNC(CCC)C1. The van der Waals surface area contributed by atoms with Crippen molar-refractivity contribution in [3.63, 3.8) is 0 Å². The molecule has 1 rings (SSSR count). The zero-order valence-corrected chi connectivity index (χ0v) is 6.11. The highest BCUT2D eigenvalue weighted by molar-refractivity contribution is 5.06. The van der Waals surface area contributed by atoms with Gasteiger partial charge in [-0.25, -0.2) is 0 Å². The fourth-order valence-electron chi connectivity index (χ4n) is 1.33. The summed E-state index contributed by atoms with van der Waals surface area (Å²) in [6.07, 6.45) is 3.79. The van der Waals surface area contributed by atoms with Gasteiger partial charge < -0.3 is 5.32 Å². The Bertz CT molecular complexity index is 107. The van der Waals surface area contributed by atoms with Gasteiger partial charge in [0.1, 0.15) is 0 Å². The third-order valence-corrected chi connectivity index (χ3v) is 1.81. The third-order valence-electron chi connectivity index (χ3n) is 1.81. The van der Waals surface area contributed by atoms with Gasteiger partial charge in [0, 0.05) is 12.6 Å². The smallest absolute Gasteiger partial charge is 0.0165 e. The van der Waals surface area contributed by atoms with Gasteiger partial charge in [0.2, 0.25) is 0 Å². The minimum absolute atomic E-state index is 0.738. The summed E-state index contributed by atoms with van der Waals surface area (Å²) in [5, 5.41) is 3.41. The van der Waals surface area contributed by atoms with E-state index in [1.54, 1.807) is 0 Å². The molecule has 1 heterocycles. The Hall–Kier alpha value is -0.300. The standard InChI is InChI=1S/C8H15N/c1-3-4-8-5-7(2)6-9-8/h8-9H,2-6H2,1H3. The highest BCUT2D eigenvalue weighted by Gasteiger charge is 2.14. The molecular formula is C8H15N. The summed E-state index contributed by atoms with van der Waals surface area (Å²) < 4.78 is 0. The van der Waals surface area contributed by atoms with Crippen molar-refractivity contribution < 1.29 is 0 Å². The van der Waals surface area contributed by atoms with E-state index in [1.165, 1.54) is 24.8 Å². The fraction of sp³-hybridized carbons (Fsp3) is 0.750. The van der Waals surface area contributed by atoms with Crippen molar-refractivity contribution in [3.8, 4) is 0 Å². The quantitative estimate of drug-likeness (QED) is 0.554. The summed E-state index contributed by atoms with van der Waals surface area (Å²) >= 11 is 0. The van der Waals surface area contributed by atoms with Crippen LogP contribution in [0.25, 0.3) is 0 Å². The molecule has 0 aliphatic carbocycles. The summed E-state index contributed by atoms with van der Waals surface area (Å²) in [6, 6.07) is 0.738. The van der Waals surface area contributed by atoms with Crippen LogP contribution in [0.1, 0.15) is 26.2 Å². The Morgan fingerprint density at radius 1 is 1.78 bits per heavy atom. The largest absolute Gasteiger partial charge is 0.310 e. The van der Waals surface area contributed by atoms with Crippen LogP contribution in [-0.4, -0.2) is 12.6 Å². The first-order valence-electron chi connectivity index (χ1n) is 3.73. The molecule has 52 valence electrons. The van der Waals surface area contributed by atoms with E-state index in [-0.39, 0.29) is 0 Å². The van der Waals surface area contributed by atoms with Crippen LogP contribution in [0, 0.1) is 0 Å². The zero-order chi connectivity index (χ0) is 6.69. The lowest BCUT2D eigenvalue weighted by atomic mass is 10.1. The molecule has 0 aromatic heterocycles. The van der Waals surface area contributed by atoms with Gasteiger partial charge in [-0.05, 0) is 12.8 Å². The van der Waals surface area contributed by atoms with Crippen LogP contribution in [-0.2, 0) is 0 Å². The van der Waals surface area contributed by atoms with Crippen molar-refractivity contribution in [2.45, 2.75) is 32.2 Å². The van der Waals surface area contributed by atoms with Crippen LogP contribution in [0.4, 0.5) is 0 Å². The maximum atomic E-state index is 3.92. The third kappa shape index (κ3) is 1.83. The van der Waals surface area contributed by atoms with Gasteiger partial charge in [-0.2, -0.15) is 0 Å². The second-order valence-corrected chi connectivity index (χ2v) is 2.82. The minimum atomic E-state index is 0.738. The molecule has 0 saturated carbocycles. The van der Waals surface area contributed by atoms with Crippen LogP contribution in [0.2, 0.25) is 0 Å². The first kappa shape index (κ1) is 6.81. The Kier molecular flexibility index (Phi) is 2.29. The molecule has 0 bridgehead atoms. The summed E-state index contributed by atoms with van der Waals surface area (Å²) in [5.41, 5.74) is 1.37. The number of nitrogens with one attached hydrogen (secondary N) is 1. The van der Waals surface area contributed by atoms with Crippen molar-refractivity contribution in [1.82, 2.24) is 5.32 Å². The van der Waals surface area contributed by atoms with Crippen molar-refractivity contribution in [3.05, 3.63) is 12.2 Å². The highest BCUT2D eigenvalue weighted by Crippen LogP contribution is 2.13.